The number of aryl methyl sites for hydroxylation is 2. The minimum Gasteiger partial charge on any atom is -0.378 e. The van der Waals surface area contributed by atoms with Crippen LogP contribution in [0.2, 0.25) is 0 Å². The monoisotopic (exact) mass is 445 g/mol. The third kappa shape index (κ3) is 5.83. The molecule has 1 amide bonds. The van der Waals surface area contributed by atoms with E-state index in [1.54, 1.807) is 0 Å². The number of carbonyl (C=O) groups excluding carboxylic acids is 1. The van der Waals surface area contributed by atoms with Crippen LogP contribution >= 0.6 is 27.7 Å². The Balaban J connectivity index is 1.47. The summed E-state index contributed by atoms with van der Waals surface area (Å²) in [7, 11) is 0. The Kier molecular flexibility index (Phi) is 6.52. The lowest BCUT2D eigenvalue weighted by molar-refractivity contribution is -0.113. The maximum Gasteiger partial charge on any atom is 0.234 e. The summed E-state index contributed by atoms with van der Waals surface area (Å²) in [5.74, 6) is 0.858. The summed E-state index contributed by atoms with van der Waals surface area (Å²) in [5, 5.41) is 13.8. The molecule has 0 unspecified atom stereocenters. The van der Waals surface area contributed by atoms with E-state index in [4.69, 9.17) is 0 Å². The summed E-state index contributed by atoms with van der Waals surface area (Å²) in [6.07, 6.45) is 0. The average molecular weight is 446 g/mol. The minimum absolute atomic E-state index is 0.103. The van der Waals surface area contributed by atoms with E-state index < -0.39 is 0 Å². The Morgan fingerprint density at radius 2 is 1.89 bits per heavy atom. The van der Waals surface area contributed by atoms with Gasteiger partial charge in [-0.2, -0.15) is 0 Å². The lowest BCUT2D eigenvalue weighted by atomic mass is 10.2. The number of amides is 1. The average Bonchev–Trinajstić information content (AvgIpc) is 3.10. The number of hydrogen-bond acceptors (Lipinski definition) is 5. The summed E-state index contributed by atoms with van der Waals surface area (Å²) in [6, 6.07) is 13.9. The molecule has 3 N–H and O–H groups in total. The van der Waals surface area contributed by atoms with Crippen molar-refractivity contribution in [3.05, 3.63) is 63.9 Å². The zero-order valence-corrected chi connectivity index (χ0v) is 17.4. The number of aromatic nitrogens is 3. The molecule has 8 heteroatoms. The van der Waals surface area contributed by atoms with Gasteiger partial charge < -0.3 is 10.6 Å². The second-order valence-electron chi connectivity index (χ2n) is 6.10. The number of nitrogens with zero attached hydrogens (tertiary/aromatic N) is 2. The van der Waals surface area contributed by atoms with Crippen molar-refractivity contribution in [2.24, 2.45) is 0 Å². The van der Waals surface area contributed by atoms with E-state index in [1.165, 1.54) is 17.3 Å². The zero-order chi connectivity index (χ0) is 19.2. The molecule has 3 aromatic rings. The van der Waals surface area contributed by atoms with Crippen LogP contribution in [0.15, 0.2) is 52.1 Å². The van der Waals surface area contributed by atoms with Gasteiger partial charge in [-0.15, -0.1) is 5.10 Å². The van der Waals surface area contributed by atoms with Gasteiger partial charge in [0.05, 0.1) is 18.0 Å². The number of benzene rings is 2. The molecule has 6 nitrogen and oxygen atoms in total. The molecular weight excluding hydrogens is 426 g/mol. The summed E-state index contributed by atoms with van der Waals surface area (Å²) in [6.45, 7) is 4.59. The number of carbonyl (C=O) groups is 1. The first-order valence-corrected chi connectivity index (χ1v) is 10.2. The molecule has 0 aliphatic carbocycles. The molecule has 0 bridgehead atoms. The van der Waals surface area contributed by atoms with E-state index in [0.29, 0.717) is 11.7 Å². The fourth-order valence-electron chi connectivity index (χ4n) is 2.32. The molecule has 140 valence electrons. The van der Waals surface area contributed by atoms with Crippen molar-refractivity contribution in [3.63, 3.8) is 0 Å². The molecule has 0 radical (unpaired) electrons. The number of nitrogens with one attached hydrogen (secondary N) is 3. The third-order valence-corrected chi connectivity index (χ3v) is 5.26. The number of thioether (sulfide) groups is 1. The fraction of sp³-hybridized carbons (Fsp3) is 0.211. The van der Waals surface area contributed by atoms with Crippen molar-refractivity contribution in [1.29, 1.82) is 0 Å². The highest BCUT2D eigenvalue weighted by atomic mass is 79.9. The van der Waals surface area contributed by atoms with Crippen LogP contribution in [-0.4, -0.2) is 26.8 Å². The Bertz CT molecular complexity index is 926. The zero-order valence-electron chi connectivity index (χ0n) is 15.0. The van der Waals surface area contributed by atoms with E-state index in [1.807, 2.05) is 37.3 Å². The van der Waals surface area contributed by atoms with Crippen molar-refractivity contribution in [2.75, 3.05) is 16.4 Å². The fourth-order valence-corrected chi connectivity index (χ4v) is 3.53. The molecule has 0 fully saturated rings. The number of aromatic amines is 1. The van der Waals surface area contributed by atoms with Crippen molar-refractivity contribution in [3.8, 4) is 0 Å². The van der Waals surface area contributed by atoms with Crippen molar-refractivity contribution < 1.29 is 4.79 Å². The van der Waals surface area contributed by atoms with E-state index in [2.05, 4.69) is 60.8 Å². The molecule has 1 heterocycles. The van der Waals surface area contributed by atoms with Gasteiger partial charge in [-0.3, -0.25) is 9.89 Å². The molecule has 0 aliphatic rings. The Morgan fingerprint density at radius 3 is 2.63 bits per heavy atom. The van der Waals surface area contributed by atoms with Crippen LogP contribution < -0.4 is 10.6 Å². The third-order valence-electron chi connectivity index (χ3n) is 3.75. The van der Waals surface area contributed by atoms with Crippen LogP contribution in [0, 0.1) is 13.8 Å². The van der Waals surface area contributed by atoms with Crippen LogP contribution in [-0.2, 0) is 11.3 Å². The highest BCUT2D eigenvalue weighted by Crippen LogP contribution is 2.24. The molecule has 0 spiro atoms. The van der Waals surface area contributed by atoms with Crippen molar-refractivity contribution >= 4 is 45.0 Å². The predicted molar refractivity (Wildman–Crippen MR) is 113 cm³/mol. The van der Waals surface area contributed by atoms with Crippen molar-refractivity contribution in [2.45, 2.75) is 25.5 Å². The van der Waals surface area contributed by atoms with Crippen LogP contribution in [0.4, 0.5) is 11.4 Å². The standard InChI is InChI=1S/C19H20BrN5OS/c1-12-3-6-14(7-4-12)21-10-17-23-19(25-24-17)27-11-18(26)22-16-8-5-13(2)9-15(16)20/h3-9,21H,10-11H2,1-2H3,(H,22,26)(H,23,24,25). The lowest BCUT2D eigenvalue weighted by Gasteiger charge is -2.07. The second-order valence-corrected chi connectivity index (χ2v) is 7.90. The maximum absolute atomic E-state index is 12.1. The van der Waals surface area contributed by atoms with Gasteiger partial charge in [0.2, 0.25) is 11.1 Å². The summed E-state index contributed by atoms with van der Waals surface area (Å²) in [5.41, 5.74) is 4.12. The summed E-state index contributed by atoms with van der Waals surface area (Å²) in [4.78, 5) is 16.5. The smallest absolute Gasteiger partial charge is 0.234 e. The van der Waals surface area contributed by atoms with Crippen LogP contribution in [0.3, 0.4) is 0 Å². The Morgan fingerprint density at radius 1 is 1.15 bits per heavy atom. The van der Waals surface area contributed by atoms with Gasteiger partial charge in [-0.05, 0) is 59.6 Å². The van der Waals surface area contributed by atoms with Gasteiger partial charge in [0.15, 0.2) is 0 Å². The normalized spacial score (nSPS) is 10.6. The van der Waals surface area contributed by atoms with E-state index in [9.17, 15) is 4.79 Å². The summed E-state index contributed by atoms with van der Waals surface area (Å²) < 4.78 is 0.864. The molecule has 0 atom stereocenters. The van der Waals surface area contributed by atoms with Gasteiger partial charge in [0, 0.05) is 10.2 Å². The van der Waals surface area contributed by atoms with E-state index >= 15 is 0 Å². The Labute approximate surface area is 170 Å². The molecule has 0 saturated heterocycles. The first-order chi connectivity index (χ1) is 13.0. The Hall–Kier alpha value is -2.32. The predicted octanol–water partition coefficient (Wildman–Crippen LogP) is 4.53. The van der Waals surface area contributed by atoms with Crippen molar-refractivity contribution in [1.82, 2.24) is 15.2 Å². The van der Waals surface area contributed by atoms with Gasteiger partial charge in [-0.1, -0.05) is 35.5 Å². The topological polar surface area (TPSA) is 82.7 Å². The van der Waals surface area contributed by atoms with E-state index in [-0.39, 0.29) is 11.7 Å². The van der Waals surface area contributed by atoms with E-state index in [0.717, 1.165) is 27.2 Å². The van der Waals surface area contributed by atoms with Gasteiger partial charge in [-0.25, -0.2) is 4.98 Å². The van der Waals surface area contributed by atoms with Gasteiger partial charge >= 0.3 is 0 Å². The SMILES string of the molecule is Cc1ccc(NCc2nc(SCC(=O)Nc3ccc(C)cc3Br)n[nH]2)cc1. The molecule has 1 aromatic heterocycles. The molecule has 3 rings (SSSR count). The first-order valence-electron chi connectivity index (χ1n) is 8.40. The van der Waals surface area contributed by atoms with Gasteiger partial charge in [0.1, 0.15) is 5.82 Å². The molecule has 0 saturated carbocycles. The largest absolute Gasteiger partial charge is 0.378 e. The number of hydrogen-bond donors (Lipinski definition) is 3. The van der Waals surface area contributed by atoms with Crippen LogP contribution in [0.25, 0.3) is 0 Å². The number of halogens is 1. The highest BCUT2D eigenvalue weighted by Gasteiger charge is 2.09. The molecule has 0 aliphatic heterocycles. The molecular formula is C19H20BrN5OS. The first kappa shape index (κ1) is 19.4. The maximum atomic E-state index is 12.1. The summed E-state index contributed by atoms with van der Waals surface area (Å²) >= 11 is 4.75. The number of anilines is 2. The van der Waals surface area contributed by atoms with Crippen LogP contribution in [0.5, 0.6) is 0 Å². The molecule has 27 heavy (non-hydrogen) atoms. The number of H-pyrrole nitrogens is 1. The quantitative estimate of drug-likeness (QED) is 0.465. The highest BCUT2D eigenvalue weighted by molar-refractivity contribution is 9.10. The lowest BCUT2D eigenvalue weighted by Crippen LogP contribution is -2.14. The van der Waals surface area contributed by atoms with Crippen LogP contribution in [0.1, 0.15) is 17.0 Å². The van der Waals surface area contributed by atoms with Gasteiger partial charge in [0.25, 0.3) is 0 Å². The number of rotatable bonds is 7. The second kappa shape index (κ2) is 9.05. The minimum atomic E-state index is -0.103. The molecule has 2 aromatic carbocycles.